The summed E-state index contributed by atoms with van der Waals surface area (Å²) in [7, 11) is -3.35. The van der Waals surface area contributed by atoms with Crippen LogP contribution in [0.5, 0.6) is 0 Å². The molecule has 1 rings (SSSR count). The molecule has 0 aromatic carbocycles. The zero-order valence-corrected chi connectivity index (χ0v) is 12.1. The Bertz CT molecular complexity index is 521. The molecule has 0 amide bonds. The molecule has 19 heavy (non-hydrogen) atoms. The quantitative estimate of drug-likeness (QED) is 0.763. The summed E-state index contributed by atoms with van der Waals surface area (Å²) in [5.41, 5.74) is 0.688. The normalized spacial score (nSPS) is 11.7. The minimum atomic E-state index is -3.35. The van der Waals surface area contributed by atoms with Crippen molar-refractivity contribution in [3.8, 4) is 6.07 Å². The molecule has 0 radical (unpaired) electrons. The van der Waals surface area contributed by atoms with Gasteiger partial charge in [0.05, 0.1) is 24.1 Å². The van der Waals surface area contributed by atoms with Crippen molar-refractivity contribution in [1.29, 1.82) is 5.26 Å². The second-order valence-corrected chi connectivity index (χ2v) is 6.75. The Labute approximate surface area is 114 Å². The van der Waals surface area contributed by atoms with Gasteiger partial charge in [-0.1, -0.05) is 19.9 Å². The topological polar surface area (TPSA) is 74.1 Å². The standard InChI is InChI=1S/C13H19N3O2S/c1-12(2)11-19(17,18)16(9-5-7-14)10-13-6-3-4-8-15-13/h3-4,6,8,12H,5,9-11H2,1-2H3. The van der Waals surface area contributed by atoms with E-state index in [-0.39, 0.29) is 31.2 Å². The summed E-state index contributed by atoms with van der Waals surface area (Å²) in [6.07, 6.45) is 1.82. The number of nitrogens with zero attached hydrogens (tertiary/aromatic N) is 3. The van der Waals surface area contributed by atoms with Gasteiger partial charge in [0, 0.05) is 19.2 Å². The van der Waals surface area contributed by atoms with E-state index in [4.69, 9.17) is 5.26 Å². The number of nitriles is 1. The van der Waals surface area contributed by atoms with Gasteiger partial charge in [-0.25, -0.2) is 8.42 Å². The maximum absolute atomic E-state index is 12.2. The van der Waals surface area contributed by atoms with Crippen molar-refractivity contribution < 1.29 is 8.42 Å². The highest BCUT2D eigenvalue weighted by Crippen LogP contribution is 2.12. The molecule has 1 aromatic rings. The summed E-state index contributed by atoms with van der Waals surface area (Å²) in [5.74, 6) is 0.143. The molecule has 0 bridgehead atoms. The van der Waals surface area contributed by atoms with Crippen LogP contribution >= 0.6 is 0 Å². The fraction of sp³-hybridized carbons (Fsp3) is 0.538. The van der Waals surface area contributed by atoms with E-state index in [9.17, 15) is 8.42 Å². The Kier molecular flexibility index (Phi) is 5.93. The third kappa shape index (κ3) is 5.37. The molecule has 104 valence electrons. The van der Waals surface area contributed by atoms with E-state index in [0.29, 0.717) is 5.69 Å². The minimum Gasteiger partial charge on any atom is -0.260 e. The molecule has 0 N–H and O–H groups in total. The first-order valence-electron chi connectivity index (χ1n) is 6.20. The maximum Gasteiger partial charge on any atom is 0.214 e. The van der Waals surface area contributed by atoms with Crippen molar-refractivity contribution in [2.75, 3.05) is 12.3 Å². The summed E-state index contributed by atoms with van der Waals surface area (Å²) in [4.78, 5) is 4.13. The molecule has 0 aliphatic carbocycles. The lowest BCUT2D eigenvalue weighted by atomic mass is 10.3. The summed E-state index contributed by atoms with van der Waals surface area (Å²) in [6.45, 7) is 4.15. The molecule has 0 atom stereocenters. The second-order valence-electron chi connectivity index (χ2n) is 4.74. The third-order valence-corrected chi connectivity index (χ3v) is 4.66. The van der Waals surface area contributed by atoms with Crippen molar-refractivity contribution in [3.05, 3.63) is 30.1 Å². The molecule has 5 nitrogen and oxygen atoms in total. The molecular formula is C13H19N3O2S. The van der Waals surface area contributed by atoms with E-state index in [2.05, 4.69) is 4.98 Å². The fourth-order valence-corrected chi connectivity index (χ4v) is 3.44. The van der Waals surface area contributed by atoms with E-state index in [1.165, 1.54) is 4.31 Å². The van der Waals surface area contributed by atoms with Gasteiger partial charge < -0.3 is 0 Å². The Morgan fingerprint density at radius 3 is 2.68 bits per heavy atom. The van der Waals surface area contributed by atoms with Gasteiger partial charge in [-0.2, -0.15) is 9.57 Å². The molecule has 0 saturated heterocycles. The molecule has 1 heterocycles. The van der Waals surface area contributed by atoms with Crippen LogP contribution in [0.25, 0.3) is 0 Å². The van der Waals surface area contributed by atoms with Gasteiger partial charge in [-0.15, -0.1) is 0 Å². The van der Waals surface area contributed by atoms with Crippen LogP contribution in [0.4, 0.5) is 0 Å². The summed E-state index contributed by atoms with van der Waals surface area (Å²) in [5, 5.41) is 8.64. The zero-order valence-electron chi connectivity index (χ0n) is 11.3. The molecule has 0 saturated carbocycles. The first kappa shape index (κ1) is 15.6. The lowest BCUT2D eigenvalue weighted by molar-refractivity contribution is 0.405. The van der Waals surface area contributed by atoms with Crippen LogP contribution in [-0.2, 0) is 16.6 Å². The smallest absolute Gasteiger partial charge is 0.214 e. The maximum atomic E-state index is 12.2. The Hall–Kier alpha value is -1.45. The molecular weight excluding hydrogens is 262 g/mol. The highest BCUT2D eigenvalue weighted by atomic mass is 32.2. The van der Waals surface area contributed by atoms with Crippen LogP contribution in [0.3, 0.4) is 0 Å². The molecule has 0 fully saturated rings. The van der Waals surface area contributed by atoms with Crippen molar-refractivity contribution in [1.82, 2.24) is 9.29 Å². The number of rotatable bonds is 7. The Balaban J connectivity index is 2.86. The van der Waals surface area contributed by atoms with E-state index >= 15 is 0 Å². The van der Waals surface area contributed by atoms with Gasteiger partial charge in [0.15, 0.2) is 0 Å². The number of hydrogen-bond acceptors (Lipinski definition) is 4. The van der Waals surface area contributed by atoms with Gasteiger partial charge in [-0.05, 0) is 18.1 Å². The Morgan fingerprint density at radius 2 is 2.16 bits per heavy atom. The van der Waals surface area contributed by atoms with E-state index in [1.807, 2.05) is 26.0 Å². The van der Waals surface area contributed by atoms with Crippen LogP contribution in [-0.4, -0.2) is 30.0 Å². The first-order valence-corrected chi connectivity index (χ1v) is 7.81. The third-order valence-electron chi connectivity index (χ3n) is 2.47. The largest absolute Gasteiger partial charge is 0.260 e. The van der Waals surface area contributed by atoms with Crippen molar-refractivity contribution >= 4 is 10.0 Å². The van der Waals surface area contributed by atoms with Gasteiger partial charge >= 0.3 is 0 Å². The Morgan fingerprint density at radius 1 is 1.42 bits per heavy atom. The zero-order chi connectivity index (χ0) is 14.3. The molecule has 6 heteroatoms. The van der Waals surface area contributed by atoms with Crippen LogP contribution < -0.4 is 0 Å². The summed E-state index contributed by atoms with van der Waals surface area (Å²) >= 11 is 0. The molecule has 0 spiro atoms. The average molecular weight is 281 g/mol. The molecule has 0 aliphatic rings. The highest BCUT2D eigenvalue weighted by molar-refractivity contribution is 7.89. The van der Waals surface area contributed by atoms with Gasteiger partial charge in [0.2, 0.25) is 10.0 Å². The number of hydrogen-bond donors (Lipinski definition) is 0. The number of pyridine rings is 1. The van der Waals surface area contributed by atoms with Gasteiger partial charge in [-0.3, -0.25) is 4.98 Å². The van der Waals surface area contributed by atoms with Crippen LogP contribution in [0.15, 0.2) is 24.4 Å². The summed E-state index contributed by atoms with van der Waals surface area (Å²) < 4.78 is 25.8. The predicted molar refractivity (Wildman–Crippen MR) is 73.5 cm³/mol. The van der Waals surface area contributed by atoms with Crippen molar-refractivity contribution in [2.24, 2.45) is 5.92 Å². The lowest BCUT2D eigenvalue weighted by Crippen LogP contribution is -2.35. The van der Waals surface area contributed by atoms with E-state index < -0.39 is 10.0 Å². The van der Waals surface area contributed by atoms with E-state index in [1.54, 1.807) is 18.3 Å². The van der Waals surface area contributed by atoms with Crippen molar-refractivity contribution in [2.45, 2.75) is 26.8 Å². The highest BCUT2D eigenvalue weighted by Gasteiger charge is 2.23. The predicted octanol–water partition coefficient (Wildman–Crippen LogP) is 1.78. The monoisotopic (exact) mass is 281 g/mol. The second kappa shape index (κ2) is 7.22. The first-order chi connectivity index (χ1) is 8.95. The van der Waals surface area contributed by atoms with Gasteiger partial charge in [0.25, 0.3) is 0 Å². The molecule has 0 aliphatic heterocycles. The van der Waals surface area contributed by atoms with Crippen molar-refractivity contribution in [3.63, 3.8) is 0 Å². The molecule has 1 aromatic heterocycles. The van der Waals surface area contributed by atoms with Crippen LogP contribution in [0.1, 0.15) is 26.0 Å². The number of sulfonamides is 1. The van der Waals surface area contributed by atoms with Crippen LogP contribution in [0, 0.1) is 17.2 Å². The SMILES string of the molecule is CC(C)CS(=O)(=O)N(CCC#N)Cc1ccccn1. The average Bonchev–Trinajstić information content (AvgIpc) is 2.34. The van der Waals surface area contributed by atoms with Gasteiger partial charge in [0.1, 0.15) is 0 Å². The van der Waals surface area contributed by atoms with Crippen LogP contribution in [0.2, 0.25) is 0 Å². The minimum absolute atomic E-state index is 0.0540. The fourth-order valence-electron chi connectivity index (χ4n) is 1.69. The molecule has 0 unspecified atom stereocenters. The number of aromatic nitrogens is 1. The summed E-state index contributed by atoms with van der Waals surface area (Å²) in [6, 6.07) is 7.37. The van der Waals surface area contributed by atoms with E-state index in [0.717, 1.165) is 0 Å². The lowest BCUT2D eigenvalue weighted by Gasteiger charge is -2.21.